The van der Waals surface area contributed by atoms with Crippen LogP contribution in [-0.4, -0.2) is 26.8 Å². The molecule has 3 aromatic heterocycles. The molecular formula is C20H17FN4O2. The number of halogens is 1. The first-order valence-electron chi connectivity index (χ1n) is 8.70. The van der Waals surface area contributed by atoms with E-state index in [1.165, 1.54) is 13.2 Å². The number of rotatable bonds is 3. The summed E-state index contributed by atoms with van der Waals surface area (Å²) in [4.78, 5) is 8.82. The molecule has 5 rings (SSSR count). The predicted octanol–water partition coefficient (Wildman–Crippen LogP) is 4.02. The molecule has 27 heavy (non-hydrogen) atoms. The molecule has 0 amide bonds. The monoisotopic (exact) mass is 364 g/mol. The summed E-state index contributed by atoms with van der Waals surface area (Å²) in [6.07, 6.45) is 5.40. The molecule has 0 radical (unpaired) electrons. The van der Waals surface area contributed by atoms with Crippen LogP contribution < -0.4 is 10.5 Å². The summed E-state index contributed by atoms with van der Waals surface area (Å²) < 4.78 is 22.0. The Balaban J connectivity index is 1.89. The van der Waals surface area contributed by atoms with Gasteiger partial charge in [0.25, 0.3) is 0 Å². The Morgan fingerprint density at radius 1 is 1.30 bits per heavy atom. The fraction of sp³-hybridized carbons (Fsp3) is 0.200. The van der Waals surface area contributed by atoms with Crippen LogP contribution >= 0.6 is 0 Å². The van der Waals surface area contributed by atoms with Crippen molar-refractivity contribution >= 4 is 27.5 Å². The van der Waals surface area contributed by atoms with Gasteiger partial charge in [0.2, 0.25) is 11.8 Å². The van der Waals surface area contributed by atoms with Gasteiger partial charge in [-0.2, -0.15) is 0 Å². The number of nitrogens with two attached hydrogens (primary N) is 1. The van der Waals surface area contributed by atoms with E-state index in [9.17, 15) is 9.50 Å². The topological polar surface area (TPSA) is 86.2 Å². The Kier molecular flexibility index (Phi) is 3.28. The lowest BCUT2D eigenvalue weighted by atomic mass is 10.0. The molecule has 1 saturated carbocycles. The second kappa shape index (κ2) is 5.57. The number of nitrogen functional groups attached to an aromatic ring is 1. The summed E-state index contributed by atoms with van der Waals surface area (Å²) in [5.41, 5.74) is 8.50. The second-order valence-corrected chi connectivity index (χ2v) is 6.76. The zero-order chi connectivity index (χ0) is 18.7. The van der Waals surface area contributed by atoms with Crippen molar-refractivity contribution in [2.45, 2.75) is 18.9 Å². The number of aromatic hydroxyl groups is 1. The molecule has 6 nitrogen and oxygen atoms in total. The fourth-order valence-corrected chi connectivity index (χ4v) is 3.63. The minimum atomic E-state index is -0.439. The average Bonchev–Trinajstić information content (AvgIpc) is 3.46. The molecule has 136 valence electrons. The van der Waals surface area contributed by atoms with Gasteiger partial charge in [0, 0.05) is 34.9 Å². The first-order chi connectivity index (χ1) is 13.1. The summed E-state index contributed by atoms with van der Waals surface area (Å²) in [5, 5.41) is 11.7. The molecule has 1 aliphatic rings. The van der Waals surface area contributed by atoms with Crippen molar-refractivity contribution in [3.63, 3.8) is 0 Å². The number of nitrogens with zero attached hydrogens (tertiary/aromatic N) is 3. The van der Waals surface area contributed by atoms with Crippen molar-refractivity contribution in [1.82, 2.24) is 14.5 Å². The van der Waals surface area contributed by atoms with Crippen molar-refractivity contribution in [2.75, 3.05) is 12.8 Å². The van der Waals surface area contributed by atoms with Crippen molar-refractivity contribution in [3.8, 4) is 22.9 Å². The molecule has 0 atom stereocenters. The van der Waals surface area contributed by atoms with Crippen molar-refractivity contribution in [2.24, 2.45) is 0 Å². The van der Waals surface area contributed by atoms with Gasteiger partial charge in [-0.05, 0) is 37.1 Å². The van der Waals surface area contributed by atoms with Gasteiger partial charge < -0.3 is 20.1 Å². The number of hydrogen-bond acceptors (Lipinski definition) is 5. The van der Waals surface area contributed by atoms with Crippen LogP contribution in [0.3, 0.4) is 0 Å². The maximum absolute atomic E-state index is 14.9. The van der Waals surface area contributed by atoms with Crippen LogP contribution in [0.1, 0.15) is 18.9 Å². The zero-order valence-corrected chi connectivity index (χ0v) is 14.6. The second-order valence-electron chi connectivity index (χ2n) is 6.76. The molecule has 1 fully saturated rings. The lowest BCUT2D eigenvalue weighted by Crippen LogP contribution is -1.97. The standard InChI is InChI=1S/C20H17FN4O2/c1-27-19-11(3-2-8-23-19)15-13(21)7-6-12-17(22)16-14(24-18(12)15)9-25(20(16)26)10-4-5-10/h2-3,6-10,26H,4-5,22H2,1H3. The summed E-state index contributed by atoms with van der Waals surface area (Å²) in [6.45, 7) is 0. The highest BCUT2D eigenvalue weighted by Crippen LogP contribution is 2.45. The van der Waals surface area contributed by atoms with Crippen LogP contribution in [0.5, 0.6) is 11.8 Å². The van der Waals surface area contributed by atoms with E-state index in [2.05, 4.69) is 9.97 Å². The largest absolute Gasteiger partial charge is 0.494 e. The number of fused-ring (bicyclic) bond motifs is 2. The van der Waals surface area contributed by atoms with Gasteiger partial charge in [0.05, 0.1) is 29.2 Å². The summed E-state index contributed by atoms with van der Waals surface area (Å²) in [6, 6.07) is 6.66. The Hall–Kier alpha value is -3.35. The van der Waals surface area contributed by atoms with Crippen LogP contribution in [0.25, 0.3) is 32.9 Å². The normalized spacial score (nSPS) is 14.1. The summed E-state index contributed by atoms with van der Waals surface area (Å²) in [5.74, 6) is -0.0158. The van der Waals surface area contributed by atoms with E-state index >= 15 is 0 Å². The summed E-state index contributed by atoms with van der Waals surface area (Å²) in [7, 11) is 1.49. The Morgan fingerprint density at radius 3 is 2.85 bits per heavy atom. The van der Waals surface area contributed by atoms with Crippen LogP contribution in [0.2, 0.25) is 0 Å². The van der Waals surface area contributed by atoms with E-state index in [0.717, 1.165) is 12.8 Å². The fourth-order valence-electron chi connectivity index (χ4n) is 3.63. The van der Waals surface area contributed by atoms with E-state index in [1.54, 1.807) is 35.2 Å². The van der Waals surface area contributed by atoms with E-state index in [-0.39, 0.29) is 17.5 Å². The Morgan fingerprint density at radius 2 is 2.11 bits per heavy atom. The highest BCUT2D eigenvalue weighted by molar-refractivity contribution is 6.12. The molecule has 1 aromatic carbocycles. The Bertz CT molecular complexity index is 1210. The maximum Gasteiger partial charge on any atom is 0.221 e. The number of aromatic nitrogens is 3. The van der Waals surface area contributed by atoms with Crippen molar-refractivity contribution in [1.29, 1.82) is 0 Å². The molecule has 0 aliphatic heterocycles. The molecular weight excluding hydrogens is 347 g/mol. The SMILES string of the molecule is COc1ncccc1-c1c(F)ccc2c(N)c3c(O)n(C4CC4)cc3nc12. The first-order valence-corrected chi connectivity index (χ1v) is 8.70. The third kappa shape index (κ3) is 2.24. The minimum Gasteiger partial charge on any atom is -0.494 e. The van der Waals surface area contributed by atoms with E-state index < -0.39 is 5.82 Å². The quantitative estimate of drug-likeness (QED) is 0.573. The van der Waals surface area contributed by atoms with Gasteiger partial charge in [0.1, 0.15) is 5.82 Å². The smallest absolute Gasteiger partial charge is 0.221 e. The minimum absolute atomic E-state index is 0.115. The molecule has 3 heterocycles. The molecule has 4 aromatic rings. The zero-order valence-electron chi connectivity index (χ0n) is 14.6. The highest BCUT2D eigenvalue weighted by Gasteiger charge is 2.28. The lowest BCUT2D eigenvalue weighted by Gasteiger charge is -2.12. The number of ether oxygens (including phenoxy) is 1. The van der Waals surface area contributed by atoms with Gasteiger partial charge in [-0.1, -0.05) is 0 Å². The molecule has 0 bridgehead atoms. The number of methoxy groups -OCH3 is 1. The van der Waals surface area contributed by atoms with Crippen molar-refractivity contribution in [3.05, 3.63) is 42.5 Å². The summed E-state index contributed by atoms with van der Waals surface area (Å²) >= 11 is 0. The third-order valence-electron chi connectivity index (χ3n) is 5.08. The number of anilines is 1. The van der Waals surface area contributed by atoms with Gasteiger partial charge in [-0.25, -0.2) is 14.4 Å². The lowest BCUT2D eigenvalue weighted by molar-refractivity contribution is 0.399. The van der Waals surface area contributed by atoms with Gasteiger partial charge >= 0.3 is 0 Å². The maximum atomic E-state index is 14.9. The molecule has 3 N–H and O–H groups in total. The number of benzene rings is 1. The van der Waals surface area contributed by atoms with Crippen LogP contribution in [0.4, 0.5) is 10.1 Å². The van der Waals surface area contributed by atoms with Gasteiger partial charge in [0.15, 0.2) is 0 Å². The molecule has 0 saturated heterocycles. The van der Waals surface area contributed by atoms with Gasteiger partial charge in [-0.3, -0.25) is 0 Å². The van der Waals surface area contributed by atoms with E-state index in [4.69, 9.17) is 10.5 Å². The van der Waals surface area contributed by atoms with Crippen LogP contribution in [-0.2, 0) is 0 Å². The Labute approximate surface area is 154 Å². The van der Waals surface area contributed by atoms with E-state index in [1.807, 2.05) is 0 Å². The molecule has 1 aliphatic carbocycles. The predicted molar refractivity (Wildman–Crippen MR) is 101 cm³/mol. The number of hydrogen-bond donors (Lipinski definition) is 2. The molecule has 0 unspecified atom stereocenters. The molecule has 7 heteroatoms. The molecule has 0 spiro atoms. The number of pyridine rings is 2. The first kappa shape index (κ1) is 15.9. The average molecular weight is 364 g/mol. The van der Waals surface area contributed by atoms with Crippen LogP contribution in [0, 0.1) is 5.82 Å². The van der Waals surface area contributed by atoms with Crippen LogP contribution in [0.15, 0.2) is 36.7 Å². The van der Waals surface area contributed by atoms with E-state index in [0.29, 0.717) is 38.9 Å². The van der Waals surface area contributed by atoms with Crippen molar-refractivity contribution < 1.29 is 14.2 Å². The highest BCUT2D eigenvalue weighted by atomic mass is 19.1. The third-order valence-corrected chi connectivity index (χ3v) is 5.08. The van der Waals surface area contributed by atoms with Gasteiger partial charge in [-0.15, -0.1) is 0 Å².